The number of para-hydroxylation sites is 1. The van der Waals surface area contributed by atoms with Crippen LogP contribution in [0.15, 0.2) is 18.2 Å². The van der Waals surface area contributed by atoms with Gasteiger partial charge in [-0.1, -0.05) is 6.07 Å². The summed E-state index contributed by atoms with van der Waals surface area (Å²) in [6.45, 7) is 2.29. The highest BCUT2D eigenvalue weighted by Crippen LogP contribution is 2.30. The molecule has 0 aliphatic carbocycles. The Morgan fingerprint density at radius 3 is 2.71 bits per heavy atom. The zero-order valence-electron chi connectivity index (χ0n) is 8.24. The first-order valence-electron chi connectivity index (χ1n) is 4.30. The van der Waals surface area contributed by atoms with Gasteiger partial charge in [0.2, 0.25) is 0 Å². The lowest BCUT2D eigenvalue weighted by atomic mass is 10.2. The first kappa shape index (κ1) is 10.4. The molecule has 1 aromatic rings. The van der Waals surface area contributed by atoms with Gasteiger partial charge in [-0.25, -0.2) is 0 Å². The van der Waals surface area contributed by atoms with Gasteiger partial charge in [-0.15, -0.1) is 0 Å². The topological polar surface area (TPSA) is 61.6 Å². The molecule has 0 radical (unpaired) electrons. The van der Waals surface area contributed by atoms with Crippen LogP contribution in [-0.4, -0.2) is 19.6 Å². The average molecular weight is 195 g/mol. The highest BCUT2D eigenvalue weighted by atomic mass is 16.5. The molecule has 0 aliphatic heterocycles. The van der Waals surface area contributed by atoms with Crippen molar-refractivity contribution in [3.8, 4) is 11.5 Å². The van der Waals surface area contributed by atoms with E-state index in [1.165, 1.54) is 7.11 Å². The van der Waals surface area contributed by atoms with E-state index in [4.69, 9.17) is 15.2 Å². The number of ether oxygens (including phenoxy) is 2. The second kappa shape index (κ2) is 4.50. The van der Waals surface area contributed by atoms with Crippen molar-refractivity contribution >= 4 is 5.91 Å². The van der Waals surface area contributed by atoms with Crippen LogP contribution in [-0.2, 0) is 0 Å². The summed E-state index contributed by atoms with van der Waals surface area (Å²) >= 11 is 0. The van der Waals surface area contributed by atoms with Gasteiger partial charge in [-0.3, -0.25) is 4.79 Å². The van der Waals surface area contributed by atoms with Crippen molar-refractivity contribution in [3.05, 3.63) is 23.8 Å². The third-order valence-electron chi connectivity index (χ3n) is 1.75. The Balaban J connectivity index is 3.20. The van der Waals surface area contributed by atoms with Gasteiger partial charge in [0.15, 0.2) is 11.5 Å². The van der Waals surface area contributed by atoms with Crippen molar-refractivity contribution in [1.29, 1.82) is 0 Å². The number of carbonyl (C=O) groups excluding carboxylic acids is 1. The number of rotatable bonds is 4. The first-order chi connectivity index (χ1) is 6.70. The minimum absolute atomic E-state index is 0.339. The lowest BCUT2D eigenvalue weighted by Gasteiger charge is -2.11. The fourth-order valence-corrected chi connectivity index (χ4v) is 1.16. The second-order valence-corrected chi connectivity index (χ2v) is 2.63. The first-order valence-corrected chi connectivity index (χ1v) is 4.30. The average Bonchev–Trinajstić information content (AvgIpc) is 2.18. The zero-order chi connectivity index (χ0) is 10.6. The largest absolute Gasteiger partial charge is 0.493 e. The molecule has 0 saturated heterocycles. The summed E-state index contributed by atoms with van der Waals surface area (Å²) in [6.07, 6.45) is 0. The van der Waals surface area contributed by atoms with Crippen LogP contribution in [0.3, 0.4) is 0 Å². The Morgan fingerprint density at radius 1 is 1.50 bits per heavy atom. The van der Waals surface area contributed by atoms with Gasteiger partial charge in [-0.2, -0.15) is 0 Å². The van der Waals surface area contributed by atoms with E-state index < -0.39 is 5.91 Å². The van der Waals surface area contributed by atoms with Gasteiger partial charge < -0.3 is 15.2 Å². The standard InChI is InChI=1S/C10H13NO3/c1-3-14-9-7(10(11)12)5-4-6-8(9)13-2/h4-6H,3H2,1-2H3,(H2,11,12). The summed E-state index contributed by atoms with van der Waals surface area (Å²) in [5.41, 5.74) is 5.53. The second-order valence-electron chi connectivity index (χ2n) is 2.63. The highest BCUT2D eigenvalue weighted by Gasteiger charge is 2.13. The lowest BCUT2D eigenvalue weighted by molar-refractivity contribution is 0.0996. The Kier molecular flexibility index (Phi) is 3.34. The smallest absolute Gasteiger partial charge is 0.252 e. The maximum absolute atomic E-state index is 11.1. The maximum Gasteiger partial charge on any atom is 0.252 e. The van der Waals surface area contributed by atoms with Gasteiger partial charge in [-0.05, 0) is 19.1 Å². The van der Waals surface area contributed by atoms with Crippen molar-refractivity contribution in [2.24, 2.45) is 5.73 Å². The molecule has 1 aromatic carbocycles. The Bertz CT molecular complexity index is 336. The van der Waals surface area contributed by atoms with Crippen molar-refractivity contribution in [1.82, 2.24) is 0 Å². The number of nitrogens with two attached hydrogens (primary N) is 1. The number of amides is 1. The van der Waals surface area contributed by atoms with Crippen LogP contribution in [0.25, 0.3) is 0 Å². The molecule has 0 saturated carbocycles. The maximum atomic E-state index is 11.1. The van der Waals surface area contributed by atoms with Gasteiger partial charge >= 0.3 is 0 Å². The van der Waals surface area contributed by atoms with Crippen molar-refractivity contribution in [2.75, 3.05) is 13.7 Å². The van der Waals surface area contributed by atoms with Gasteiger partial charge in [0.05, 0.1) is 19.3 Å². The Labute approximate surface area is 82.6 Å². The fourth-order valence-electron chi connectivity index (χ4n) is 1.16. The number of carbonyl (C=O) groups is 1. The third-order valence-corrected chi connectivity index (χ3v) is 1.75. The summed E-state index contributed by atoms with van der Waals surface area (Å²) in [5.74, 6) is 0.403. The van der Waals surface area contributed by atoms with E-state index in [1.807, 2.05) is 6.92 Å². The quantitative estimate of drug-likeness (QED) is 0.785. The highest BCUT2D eigenvalue weighted by molar-refractivity contribution is 5.96. The SMILES string of the molecule is CCOc1c(OC)cccc1C(N)=O. The summed E-state index contributed by atoms with van der Waals surface area (Å²) in [5, 5.41) is 0. The van der Waals surface area contributed by atoms with Gasteiger partial charge in [0.1, 0.15) is 0 Å². The number of hydrogen-bond acceptors (Lipinski definition) is 3. The summed E-state index contributed by atoms with van der Waals surface area (Å²) < 4.78 is 10.4. The van der Waals surface area contributed by atoms with Gasteiger partial charge in [0.25, 0.3) is 5.91 Å². The molecule has 76 valence electrons. The van der Waals surface area contributed by atoms with E-state index in [-0.39, 0.29) is 0 Å². The molecule has 0 heterocycles. The van der Waals surface area contributed by atoms with Crippen molar-refractivity contribution < 1.29 is 14.3 Å². The molecule has 0 unspecified atom stereocenters. The Hall–Kier alpha value is -1.71. The molecule has 1 amide bonds. The Morgan fingerprint density at radius 2 is 2.21 bits per heavy atom. The molecule has 0 spiro atoms. The van der Waals surface area contributed by atoms with Crippen LogP contribution in [0.5, 0.6) is 11.5 Å². The van der Waals surface area contributed by atoms with Crippen LogP contribution < -0.4 is 15.2 Å². The van der Waals surface area contributed by atoms with Gasteiger partial charge in [0, 0.05) is 0 Å². The molecule has 4 nitrogen and oxygen atoms in total. The van der Waals surface area contributed by atoms with E-state index in [0.717, 1.165) is 0 Å². The molecule has 2 N–H and O–H groups in total. The molecular weight excluding hydrogens is 182 g/mol. The molecule has 1 rings (SSSR count). The van der Waals surface area contributed by atoms with Crippen molar-refractivity contribution in [3.63, 3.8) is 0 Å². The lowest BCUT2D eigenvalue weighted by Crippen LogP contribution is -2.13. The van der Waals surface area contributed by atoms with Crippen molar-refractivity contribution in [2.45, 2.75) is 6.92 Å². The predicted octanol–water partition coefficient (Wildman–Crippen LogP) is 1.19. The molecule has 0 aromatic heterocycles. The summed E-state index contributed by atoms with van der Waals surface area (Å²) in [7, 11) is 1.52. The van der Waals surface area contributed by atoms with E-state index in [1.54, 1.807) is 18.2 Å². The molecule has 4 heteroatoms. The molecule has 14 heavy (non-hydrogen) atoms. The minimum Gasteiger partial charge on any atom is -0.493 e. The number of benzene rings is 1. The van der Waals surface area contributed by atoms with Crippen LogP contribution in [0.4, 0.5) is 0 Å². The summed E-state index contributed by atoms with van der Waals surface area (Å²) in [4.78, 5) is 11.1. The van der Waals surface area contributed by atoms with E-state index in [2.05, 4.69) is 0 Å². The van der Waals surface area contributed by atoms with E-state index in [0.29, 0.717) is 23.7 Å². The monoisotopic (exact) mass is 195 g/mol. The number of primary amides is 1. The van der Waals surface area contributed by atoms with E-state index in [9.17, 15) is 4.79 Å². The molecule has 0 bridgehead atoms. The molecule has 0 atom stereocenters. The van der Waals surface area contributed by atoms with Crippen LogP contribution in [0.2, 0.25) is 0 Å². The minimum atomic E-state index is -0.521. The predicted molar refractivity (Wildman–Crippen MR) is 52.7 cm³/mol. The van der Waals surface area contributed by atoms with Crippen LogP contribution in [0, 0.1) is 0 Å². The number of hydrogen-bond donors (Lipinski definition) is 1. The van der Waals surface area contributed by atoms with Crippen LogP contribution in [0.1, 0.15) is 17.3 Å². The number of methoxy groups -OCH3 is 1. The molecule has 0 fully saturated rings. The third kappa shape index (κ3) is 1.96. The zero-order valence-corrected chi connectivity index (χ0v) is 8.24. The summed E-state index contributed by atoms with van der Waals surface area (Å²) in [6, 6.07) is 5.02. The molecular formula is C10H13NO3. The van der Waals surface area contributed by atoms with Crippen LogP contribution >= 0.6 is 0 Å². The van der Waals surface area contributed by atoms with E-state index >= 15 is 0 Å². The molecule has 0 aliphatic rings. The fraction of sp³-hybridized carbons (Fsp3) is 0.300. The normalized spacial score (nSPS) is 9.57.